The van der Waals surface area contributed by atoms with Crippen molar-refractivity contribution in [2.45, 2.75) is 25.4 Å². The van der Waals surface area contributed by atoms with Crippen molar-refractivity contribution in [1.82, 2.24) is 0 Å². The summed E-state index contributed by atoms with van der Waals surface area (Å²) >= 11 is 0. The molecule has 11 heavy (non-hydrogen) atoms. The Hall–Kier alpha value is -0.250. The summed E-state index contributed by atoms with van der Waals surface area (Å²) < 4.78 is 36.4. The smallest absolute Gasteiger partial charge is 0.330 e. The first-order valence-corrected chi connectivity index (χ1v) is 3.82. The third-order valence-electron chi connectivity index (χ3n) is 2.38. The average Bonchev–Trinajstić information content (AvgIpc) is 2.31. The van der Waals surface area contributed by atoms with Crippen LogP contribution < -0.4 is 5.73 Å². The van der Waals surface area contributed by atoms with E-state index in [1.807, 2.05) is 0 Å². The Bertz CT molecular complexity index is 132. The maximum atomic E-state index is 12.1. The molecule has 1 aliphatic rings. The van der Waals surface area contributed by atoms with Gasteiger partial charge in [-0.25, -0.2) is 0 Å². The van der Waals surface area contributed by atoms with Gasteiger partial charge < -0.3 is 5.73 Å². The van der Waals surface area contributed by atoms with Crippen molar-refractivity contribution in [3.8, 4) is 0 Å². The maximum Gasteiger partial charge on any atom is 0.392 e. The molecule has 0 aromatic carbocycles. The zero-order valence-electron chi connectivity index (χ0n) is 6.19. The topological polar surface area (TPSA) is 26.0 Å². The van der Waals surface area contributed by atoms with Gasteiger partial charge in [-0.15, -0.1) is 0 Å². The Labute approximate surface area is 63.8 Å². The number of hydrogen-bond acceptors (Lipinski definition) is 1. The number of nitrogens with two attached hydrogens (primary N) is 1. The Morgan fingerprint density at radius 2 is 1.91 bits per heavy atom. The Kier molecular flexibility index (Phi) is 2.42. The Morgan fingerprint density at radius 1 is 1.27 bits per heavy atom. The van der Waals surface area contributed by atoms with Crippen LogP contribution in [0.3, 0.4) is 0 Å². The lowest BCUT2D eigenvalue weighted by Crippen LogP contribution is -2.30. The summed E-state index contributed by atoms with van der Waals surface area (Å²) in [5, 5.41) is 0. The minimum absolute atomic E-state index is 0.171. The van der Waals surface area contributed by atoms with Crippen LogP contribution in [-0.4, -0.2) is 12.7 Å². The molecule has 1 rings (SSSR count). The van der Waals surface area contributed by atoms with Crippen molar-refractivity contribution in [2.75, 3.05) is 6.54 Å². The molecule has 0 amide bonds. The van der Waals surface area contributed by atoms with Gasteiger partial charge in [0.1, 0.15) is 0 Å². The van der Waals surface area contributed by atoms with Crippen LogP contribution >= 0.6 is 0 Å². The van der Waals surface area contributed by atoms with Crippen molar-refractivity contribution in [3.05, 3.63) is 0 Å². The van der Waals surface area contributed by atoms with Crippen LogP contribution in [0.4, 0.5) is 13.2 Å². The van der Waals surface area contributed by atoms with Crippen LogP contribution in [0, 0.1) is 11.8 Å². The van der Waals surface area contributed by atoms with E-state index < -0.39 is 12.1 Å². The maximum absolute atomic E-state index is 12.1. The van der Waals surface area contributed by atoms with E-state index in [1.54, 1.807) is 0 Å². The monoisotopic (exact) mass is 167 g/mol. The zero-order valence-corrected chi connectivity index (χ0v) is 6.19. The van der Waals surface area contributed by atoms with E-state index >= 15 is 0 Å². The third kappa shape index (κ3) is 1.86. The molecule has 0 heterocycles. The molecule has 0 aromatic rings. The second kappa shape index (κ2) is 3.01. The first-order chi connectivity index (χ1) is 5.05. The predicted octanol–water partition coefficient (Wildman–Crippen LogP) is 1.92. The molecule has 4 heteroatoms. The fraction of sp³-hybridized carbons (Fsp3) is 1.00. The van der Waals surface area contributed by atoms with E-state index in [0.717, 1.165) is 0 Å². The largest absolute Gasteiger partial charge is 0.392 e. The molecule has 1 nitrogen and oxygen atoms in total. The van der Waals surface area contributed by atoms with Gasteiger partial charge in [-0.3, -0.25) is 0 Å². The SMILES string of the molecule is NCC1CCCC1C(F)(F)F. The lowest BCUT2D eigenvalue weighted by Gasteiger charge is -2.20. The van der Waals surface area contributed by atoms with Crippen LogP contribution in [0.25, 0.3) is 0 Å². The quantitative estimate of drug-likeness (QED) is 0.634. The van der Waals surface area contributed by atoms with Crippen LogP contribution in [0.1, 0.15) is 19.3 Å². The van der Waals surface area contributed by atoms with Gasteiger partial charge in [0, 0.05) is 0 Å². The second-order valence-electron chi connectivity index (χ2n) is 3.07. The number of rotatable bonds is 1. The van der Waals surface area contributed by atoms with Gasteiger partial charge in [0.2, 0.25) is 0 Å². The van der Waals surface area contributed by atoms with E-state index in [9.17, 15) is 13.2 Å². The third-order valence-corrected chi connectivity index (χ3v) is 2.38. The molecule has 0 aliphatic heterocycles. The van der Waals surface area contributed by atoms with E-state index in [1.165, 1.54) is 0 Å². The van der Waals surface area contributed by atoms with E-state index in [-0.39, 0.29) is 18.9 Å². The molecule has 2 unspecified atom stereocenters. The summed E-state index contributed by atoms with van der Waals surface area (Å²) in [6.45, 7) is 0.171. The van der Waals surface area contributed by atoms with Crippen molar-refractivity contribution < 1.29 is 13.2 Å². The Balaban J connectivity index is 2.57. The van der Waals surface area contributed by atoms with Gasteiger partial charge in [-0.1, -0.05) is 6.42 Å². The number of alkyl halides is 3. The summed E-state index contributed by atoms with van der Waals surface area (Å²) in [7, 11) is 0. The molecule has 0 spiro atoms. The minimum atomic E-state index is -4.03. The lowest BCUT2D eigenvalue weighted by atomic mass is 9.96. The van der Waals surface area contributed by atoms with Crippen molar-refractivity contribution >= 4 is 0 Å². The number of halogens is 3. The second-order valence-corrected chi connectivity index (χ2v) is 3.07. The van der Waals surface area contributed by atoms with Gasteiger partial charge in [-0.2, -0.15) is 13.2 Å². The summed E-state index contributed by atoms with van der Waals surface area (Å²) in [5.41, 5.74) is 5.22. The number of hydrogen-bond donors (Lipinski definition) is 1. The molecule has 0 saturated heterocycles. The lowest BCUT2D eigenvalue weighted by molar-refractivity contribution is -0.182. The van der Waals surface area contributed by atoms with Crippen molar-refractivity contribution in [3.63, 3.8) is 0 Å². The van der Waals surface area contributed by atoms with Crippen molar-refractivity contribution in [2.24, 2.45) is 17.6 Å². The van der Waals surface area contributed by atoms with Crippen LogP contribution in [0.5, 0.6) is 0 Å². The molecular weight excluding hydrogens is 155 g/mol. The molecule has 2 atom stereocenters. The first-order valence-electron chi connectivity index (χ1n) is 3.82. The van der Waals surface area contributed by atoms with Crippen LogP contribution in [0.15, 0.2) is 0 Å². The summed E-state index contributed by atoms with van der Waals surface area (Å²) in [6, 6.07) is 0. The molecule has 66 valence electrons. The summed E-state index contributed by atoms with van der Waals surface area (Å²) in [5.74, 6) is -1.46. The van der Waals surface area contributed by atoms with Gasteiger partial charge in [0.25, 0.3) is 0 Å². The molecule has 1 fully saturated rings. The highest BCUT2D eigenvalue weighted by molar-refractivity contribution is 4.82. The molecule has 0 radical (unpaired) electrons. The van der Waals surface area contributed by atoms with Gasteiger partial charge >= 0.3 is 6.18 Å². The highest BCUT2D eigenvalue weighted by atomic mass is 19.4. The van der Waals surface area contributed by atoms with Crippen LogP contribution in [-0.2, 0) is 0 Å². The first kappa shape index (κ1) is 8.84. The normalized spacial score (nSPS) is 32.7. The molecular formula is C7H12F3N. The Morgan fingerprint density at radius 3 is 2.27 bits per heavy atom. The molecule has 1 saturated carbocycles. The highest BCUT2D eigenvalue weighted by Crippen LogP contribution is 2.42. The van der Waals surface area contributed by atoms with Crippen molar-refractivity contribution in [1.29, 1.82) is 0 Å². The van der Waals surface area contributed by atoms with E-state index in [2.05, 4.69) is 0 Å². The van der Waals surface area contributed by atoms with Gasteiger partial charge in [0.15, 0.2) is 0 Å². The average molecular weight is 167 g/mol. The van der Waals surface area contributed by atoms with Crippen LogP contribution in [0.2, 0.25) is 0 Å². The summed E-state index contributed by atoms with van der Waals surface area (Å²) in [4.78, 5) is 0. The molecule has 1 aliphatic carbocycles. The molecule has 0 bridgehead atoms. The fourth-order valence-electron chi connectivity index (χ4n) is 1.75. The van der Waals surface area contributed by atoms with Gasteiger partial charge in [0.05, 0.1) is 5.92 Å². The summed E-state index contributed by atoms with van der Waals surface area (Å²) in [6.07, 6.45) is -2.45. The fourth-order valence-corrected chi connectivity index (χ4v) is 1.75. The van der Waals surface area contributed by atoms with Gasteiger partial charge in [-0.05, 0) is 25.3 Å². The minimum Gasteiger partial charge on any atom is -0.330 e. The zero-order chi connectivity index (χ0) is 8.48. The predicted molar refractivity (Wildman–Crippen MR) is 35.9 cm³/mol. The molecule has 0 aromatic heterocycles. The van der Waals surface area contributed by atoms with E-state index in [4.69, 9.17) is 5.73 Å². The standard InChI is InChI=1S/C7H12F3N/c8-7(9,10)6-3-1-2-5(6)4-11/h5-6H,1-4,11H2. The molecule has 2 N–H and O–H groups in total. The van der Waals surface area contributed by atoms with E-state index in [0.29, 0.717) is 12.8 Å². The highest BCUT2D eigenvalue weighted by Gasteiger charge is 2.46.